The highest BCUT2D eigenvalue weighted by atomic mass is 16.5. The summed E-state index contributed by atoms with van der Waals surface area (Å²) in [6.07, 6.45) is 2.51. The summed E-state index contributed by atoms with van der Waals surface area (Å²) < 4.78 is 5.16. The molecule has 1 heterocycles. The Morgan fingerprint density at radius 2 is 2.11 bits per heavy atom. The molecule has 1 rings (SSSR count). The molecule has 0 unspecified atom stereocenters. The highest BCUT2D eigenvalue weighted by molar-refractivity contribution is 6.02. The van der Waals surface area contributed by atoms with Crippen LogP contribution < -0.4 is 10.7 Å². The number of carbonyl (C=O) groups is 2. The lowest BCUT2D eigenvalue weighted by atomic mass is 10.3. The number of nitrogens with zero attached hydrogens (tertiary/aromatic N) is 3. The van der Waals surface area contributed by atoms with Crippen molar-refractivity contribution < 1.29 is 14.3 Å². The van der Waals surface area contributed by atoms with Crippen LogP contribution in [0.1, 0.15) is 6.92 Å². The van der Waals surface area contributed by atoms with E-state index in [1.807, 2.05) is 11.0 Å². The van der Waals surface area contributed by atoms with Gasteiger partial charge in [0.1, 0.15) is 18.0 Å². The quantitative estimate of drug-likeness (QED) is 0.221. The first-order chi connectivity index (χ1) is 9.13. The highest BCUT2D eigenvalue weighted by Crippen LogP contribution is 2.01. The monoisotopic (exact) mass is 265 g/mol. The Hall–Kier alpha value is -2.40. The second-order valence-corrected chi connectivity index (χ2v) is 3.70. The van der Waals surface area contributed by atoms with Crippen molar-refractivity contribution in [1.82, 2.24) is 15.6 Å². The van der Waals surface area contributed by atoms with Crippen LogP contribution in [0, 0.1) is 11.3 Å². The zero-order valence-corrected chi connectivity index (χ0v) is 10.5. The summed E-state index contributed by atoms with van der Waals surface area (Å²) in [6.45, 7) is 3.71. The predicted molar refractivity (Wildman–Crippen MR) is 66.5 cm³/mol. The first kappa shape index (κ1) is 14.7. The van der Waals surface area contributed by atoms with Gasteiger partial charge in [-0.25, -0.2) is 5.43 Å². The van der Waals surface area contributed by atoms with E-state index in [-0.39, 0.29) is 11.5 Å². The van der Waals surface area contributed by atoms with Gasteiger partial charge in [-0.2, -0.15) is 10.4 Å². The third kappa shape index (κ3) is 5.65. The van der Waals surface area contributed by atoms with Gasteiger partial charge in [0.2, 0.25) is 5.91 Å². The number of carbonyl (C=O) groups excluding carboxylic acids is 2. The van der Waals surface area contributed by atoms with E-state index in [1.54, 1.807) is 0 Å². The van der Waals surface area contributed by atoms with Crippen LogP contribution in [0.5, 0.6) is 0 Å². The predicted octanol–water partition coefficient (Wildman–Crippen LogP) is -1.08. The third-order valence-electron chi connectivity index (χ3n) is 2.20. The summed E-state index contributed by atoms with van der Waals surface area (Å²) in [6, 6.07) is 1.82. The Morgan fingerprint density at radius 3 is 2.68 bits per heavy atom. The molecule has 0 atom stereocenters. The van der Waals surface area contributed by atoms with Crippen molar-refractivity contribution in [3.8, 4) is 6.07 Å². The normalized spacial score (nSPS) is 16.0. The van der Waals surface area contributed by atoms with E-state index in [1.165, 1.54) is 13.1 Å². The minimum absolute atomic E-state index is 0.0313. The van der Waals surface area contributed by atoms with Gasteiger partial charge < -0.3 is 15.0 Å². The van der Waals surface area contributed by atoms with E-state index in [2.05, 4.69) is 15.8 Å². The molecule has 1 aliphatic heterocycles. The molecule has 0 aromatic heterocycles. The molecular weight excluding hydrogens is 250 g/mol. The zero-order chi connectivity index (χ0) is 14.1. The molecule has 0 aliphatic carbocycles. The third-order valence-corrected chi connectivity index (χ3v) is 2.20. The van der Waals surface area contributed by atoms with Crippen LogP contribution in [-0.2, 0) is 14.3 Å². The summed E-state index contributed by atoms with van der Waals surface area (Å²) in [5, 5.41) is 14.7. The van der Waals surface area contributed by atoms with E-state index < -0.39 is 5.91 Å². The van der Waals surface area contributed by atoms with Crippen LogP contribution in [0.25, 0.3) is 0 Å². The minimum atomic E-state index is -0.580. The van der Waals surface area contributed by atoms with Gasteiger partial charge in [-0.1, -0.05) is 0 Å². The number of hydrogen-bond acceptors (Lipinski definition) is 6. The Morgan fingerprint density at radius 1 is 1.42 bits per heavy atom. The molecule has 0 radical (unpaired) electrons. The number of ether oxygens (including phenoxy) is 1. The van der Waals surface area contributed by atoms with Crippen molar-refractivity contribution in [1.29, 1.82) is 5.26 Å². The molecule has 102 valence electrons. The largest absolute Gasteiger partial charge is 0.378 e. The summed E-state index contributed by atoms with van der Waals surface area (Å²) in [4.78, 5) is 24.0. The van der Waals surface area contributed by atoms with Crippen LogP contribution in [0.4, 0.5) is 0 Å². The molecule has 2 N–H and O–H groups in total. The van der Waals surface area contributed by atoms with Crippen molar-refractivity contribution >= 4 is 18.2 Å². The number of nitrogens with one attached hydrogen (secondary N) is 2. The molecule has 8 nitrogen and oxygen atoms in total. The second kappa shape index (κ2) is 7.84. The summed E-state index contributed by atoms with van der Waals surface area (Å²) in [7, 11) is 0. The standard InChI is InChI=1S/C11H15N5O3/c1-9(17)15-14-8-13-11(18)10(6-12)7-16-2-4-19-5-3-16/h7-8H,2-5H2,1H3,(H,15,17)(H,13,14,18). The smallest absolute Gasteiger partial charge is 0.268 e. The molecule has 1 saturated heterocycles. The Balaban J connectivity index is 2.51. The SMILES string of the molecule is CC(=O)NN=CNC(=O)C(C#N)=CN1CCOCC1. The van der Waals surface area contributed by atoms with E-state index in [4.69, 9.17) is 10.00 Å². The fourth-order valence-electron chi connectivity index (χ4n) is 1.32. The summed E-state index contributed by atoms with van der Waals surface area (Å²) in [5.74, 6) is -0.932. The lowest BCUT2D eigenvalue weighted by Crippen LogP contribution is -2.34. The van der Waals surface area contributed by atoms with Gasteiger partial charge >= 0.3 is 0 Å². The number of amides is 2. The molecule has 8 heteroatoms. The molecule has 0 aromatic carbocycles. The molecule has 1 aliphatic rings. The molecular formula is C11H15N5O3. The maximum Gasteiger partial charge on any atom is 0.268 e. The number of nitriles is 1. The lowest BCUT2D eigenvalue weighted by molar-refractivity contribution is -0.119. The summed E-state index contributed by atoms with van der Waals surface area (Å²) in [5.41, 5.74) is 2.09. The van der Waals surface area contributed by atoms with Crippen LogP contribution >= 0.6 is 0 Å². The average Bonchev–Trinajstić information content (AvgIpc) is 2.41. The van der Waals surface area contributed by atoms with Crippen LogP contribution in [0.15, 0.2) is 16.9 Å². The van der Waals surface area contributed by atoms with E-state index in [0.717, 1.165) is 6.34 Å². The van der Waals surface area contributed by atoms with Crippen LogP contribution in [0.2, 0.25) is 0 Å². The average molecular weight is 265 g/mol. The maximum atomic E-state index is 11.6. The van der Waals surface area contributed by atoms with Crippen molar-refractivity contribution in [3.63, 3.8) is 0 Å². The van der Waals surface area contributed by atoms with Crippen molar-refractivity contribution in [2.45, 2.75) is 6.92 Å². The van der Waals surface area contributed by atoms with Crippen molar-refractivity contribution in [2.24, 2.45) is 5.10 Å². The van der Waals surface area contributed by atoms with Gasteiger partial charge in [-0.15, -0.1) is 0 Å². The minimum Gasteiger partial charge on any atom is -0.378 e. The highest BCUT2D eigenvalue weighted by Gasteiger charge is 2.12. The molecule has 1 fully saturated rings. The number of hydrogen-bond donors (Lipinski definition) is 2. The lowest BCUT2D eigenvalue weighted by Gasteiger charge is -2.25. The Kier molecular flexibility index (Phi) is 6.05. The fraction of sp³-hybridized carbons (Fsp3) is 0.455. The number of hydrazone groups is 1. The van der Waals surface area contributed by atoms with E-state index in [0.29, 0.717) is 26.3 Å². The zero-order valence-electron chi connectivity index (χ0n) is 10.5. The Bertz CT molecular complexity index is 432. The van der Waals surface area contributed by atoms with E-state index in [9.17, 15) is 9.59 Å². The Labute approximate surface area is 110 Å². The first-order valence-corrected chi connectivity index (χ1v) is 5.66. The molecule has 19 heavy (non-hydrogen) atoms. The van der Waals surface area contributed by atoms with Gasteiger partial charge in [0, 0.05) is 26.2 Å². The van der Waals surface area contributed by atoms with Crippen molar-refractivity contribution in [3.05, 3.63) is 11.8 Å². The fourth-order valence-corrected chi connectivity index (χ4v) is 1.32. The molecule has 2 amide bonds. The molecule has 0 saturated carbocycles. The molecule has 0 bridgehead atoms. The van der Waals surface area contributed by atoms with Crippen molar-refractivity contribution in [2.75, 3.05) is 26.3 Å². The molecule has 0 aromatic rings. The van der Waals surface area contributed by atoms with Crippen LogP contribution in [0.3, 0.4) is 0 Å². The topological polar surface area (TPSA) is 107 Å². The second-order valence-electron chi connectivity index (χ2n) is 3.70. The van der Waals surface area contributed by atoms with Gasteiger partial charge in [-0.05, 0) is 0 Å². The maximum absolute atomic E-state index is 11.6. The van der Waals surface area contributed by atoms with Gasteiger partial charge in [0.15, 0.2) is 0 Å². The van der Waals surface area contributed by atoms with E-state index >= 15 is 0 Å². The van der Waals surface area contributed by atoms with Gasteiger partial charge in [0.25, 0.3) is 5.91 Å². The summed E-state index contributed by atoms with van der Waals surface area (Å²) >= 11 is 0. The number of morpholine rings is 1. The number of rotatable bonds is 4. The van der Waals surface area contributed by atoms with Gasteiger partial charge in [-0.3, -0.25) is 9.59 Å². The first-order valence-electron chi connectivity index (χ1n) is 5.66. The van der Waals surface area contributed by atoms with Crippen LogP contribution in [-0.4, -0.2) is 49.4 Å². The van der Waals surface area contributed by atoms with Gasteiger partial charge in [0.05, 0.1) is 13.2 Å². The molecule has 0 spiro atoms.